The van der Waals surface area contributed by atoms with Gasteiger partial charge in [0.15, 0.2) is 5.65 Å². The molecule has 7 heteroatoms. The smallest absolute Gasteiger partial charge is 0.410 e. The van der Waals surface area contributed by atoms with Crippen molar-refractivity contribution in [1.29, 1.82) is 0 Å². The number of H-pyrrole nitrogens is 1. The summed E-state index contributed by atoms with van der Waals surface area (Å²) in [6, 6.07) is 1.97. The highest BCUT2D eigenvalue weighted by Gasteiger charge is 2.29. The Morgan fingerprint density at radius 1 is 1.48 bits per heavy atom. The number of aromatic nitrogens is 3. The van der Waals surface area contributed by atoms with E-state index >= 15 is 0 Å². The Morgan fingerprint density at radius 2 is 2.26 bits per heavy atom. The molecule has 0 bridgehead atoms. The number of nitrogens with zero attached hydrogens (tertiary/aromatic N) is 3. The number of carbonyl (C=O) groups excluding carboxylic acids is 1. The lowest BCUT2D eigenvalue weighted by Gasteiger charge is -2.33. The van der Waals surface area contributed by atoms with Crippen molar-refractivity contribution in [2.24, 2.45) is 0 Å². The molecule has 2 aromatic rings. The third-order valence-corrected chi connectivity index (χ3v) is 4.22. The number of piperidine rings is 1. The average Bonchev–Trinajstić information content (AvgIpc) is 2.88. The Hall–Kier alpha value is -1.63. The summed E-state index contributed by atoms with van der Waals surface area (Å²) in [5.41, 5.74) is 1.14. The fourth-order valence-electron chi connectivity index (χ4n) is 2.78. The molecule has 1 saturated heterocycles. The molecule has 1 fully saturated rings. The lowest BCUT2D eigenvalue weighted by Crippen LogP contribution is -2.42. The van der Waals surface area contributed by atoms with Gasteiger partial charge in [0.1, 0.15) is 11.4 Å². The van der Waals surface area contributed by atoms with E-state index in [1.807, 2.05) is 26.8 Å². The normalized spacial score (nSPS) is 19.1. The zero-order valence-corrected chi connectivity index (χ0v) is 15.2. The zero-order valence-electron chi connectivity index (χ0n) is 13.6. The summed E-state index contributed by atoms with van der Waals surface area (Å²) in [6.07, 6.45) is 3.43. The predicted octanol–water partition coefficient (Wildman–Crippen LogP) is 3.83. The maximum atomic E-state index is 12.3. The summed E-state index contributed by atoms with van der Waals surface area (Å²) >= 11 is 3.41. The third kappa shape index (κ3) is 3.83. The molecule has 0 aromatic carbocycles. The van der Waals surface area contributed by atoms with Crippen LogP contribution in [0.25, 0.3) is 11.2 Å². The quantitative estimate of drug-likeness (QED) is 0.815. The molecular formula is C16H21BrN4O2. The fourth-order valence-corrected chi connectivity index (χ4v) is 3.11. The molecule has 1 atom stereocenters. The molecule has 1 N–H and O–H groups in total. The molecule has 1 aliphatic rings. The van der Waals surface area contributed by atoms with E-state index < -0.39 is 5.60 Å². The number of carbonyl (C=O) groups is 1. The minimum absolute atomic E-state index is 0.184. The molecule has 23 heavy (non-hydrogen) atoms. The van der Waals surface area contributed by atoms with Crippen LogP contribution in [0.4, 0.5) is 4.79 Å². The van der Waals surface area contributed by atoms with Gasteiger partial charge in [0.05, 0.1) is 5.52 Å². The number of amides is 1. The van der Waals surface area contributed by atoms with E-state index in [-0.39, 0.29) is 12.0 Å². The monoisotopic (exact) mass is 380 g/mol. The number of imidazole rings is 1. The lowest BCUT2D eigenvalue weighted by molar-refractivity contribution is 0.0196. The fraction of sp³-hybridized carbons (Fsp3) is 0.562. The standard InChI is InChI=1S/C16H21BrN4O2/c1-16(2,3)23-15(22)21-6-4-5-10(9-21)13-19-12-7-11(17)8-18-14(12)20-13/h7-8,10H,4-6,9H2,1-3H3,(H,18,19,20). The predicted molar refractivity (Wildman–Crippen MR) is 91.4 cm³/mol. The summed E-state index contributed by atoms with van der Waals surface area (Å²) in [5, 5.41) is 0. The van der Waals surface area contributed by atoms with E-state index in [9.17, 15) is 4.79 Å². The maximum Gasteiger partial charge on any atom is 0.410 e. The van der Waals surface area contributed by atoms with E-state index in [4.69, 9.17) is 4.74 Å². The second-order valence-electron chi connectivity index (χ2n) is 6.91. The number of halogens is 1. The van der Waals surface area contributed by atoms with Crippen molar-refractivity contribution in [2.45, 2.75) is 45.1 Å². The van der Waals surface area contributed by atoms with Crippen LogP contribution in [0.2, 0.25) is 0 Å². The maximum absolute atomic E-state index is 12.3. The van der Waals surface area contributed by atoms with Crippen LogP contribution in [0.3, 0.4) is 0 Å². The molecule has 3 rings (SSSR count). The van der Waals surface area contributed by atoms with E-state index in [2.05, 4.69) is 30.9 Å². The highest BCUT2D eigenvalue weighted by molar-refractivity contribution is 9.10. The Kier molecular flexibility index (Phi) is 4.31. The minimum atomic E-state index is -0.473. The Labute approximate surface area is 143 Å². The minimum Gasteiger partial charge on any atom is -0.444 e. The van der Waals surface area contributed by atoms with Crippen molar-refractivity contribution in [1.82, 2.24) is 19.9 Å². The highest BCUT2D eigenvalue weighted by atomic mass is 79.9. The second-order valence-corrected chi connectivity index (χ2v) is 7.83. The van der Waals surface area contributed by atoms with Crippen LogP contribution in [0, 0.1) is 0 Å². The molecule has 1 amide bonds. The van der Waals surface area contributed by atoms with Gasteiger partial charge in [-0.3, -0.25) is 0 Å². The van der Waals surface area contributed by atoms with Gasteiger partial charge in [0.2, 0.25) is 0 Å². The number of likely N-dealkylation sites (tertiary alicyclic amines) is 1. The van der Waals surface area contributed by atoms with E-state index in [0.717, 1.165) is 35.2 Å². The lowest BCUT2D eigenvalue weighted by atomic mass is 9.98. The molecule has 2 aromatic heterocycles. The molecule has 0 aliphatic carbocycles. The van der Waals surface area contributed by atoms with Crippen LogP contribution in [-0.2, 0) is 4.74 Å². The number of ether oxygens (including phenoxy) is 1. The van der Waals surface area contributed by atoms with E-state index in [1.54, 1.807) is 11.1 Å². The first kappa shape index (κ1) is 16.2. The molecule has 0 radical (unpaired) electrons. The van der Waals surface area contributed by atoms with Crippen molar-refractivity contribution >= 4 is 33.2 Å². The molecule has 3 heterocycles. The largest absolute Gasteiger partial charge is 0.444 e. The number of rotatable bonds is 1. The van der Waals surface area contributed by atoms with Gasteiger partial charge in [-0.25, -0.2) is 14.8 Å². The summed E-state index contributed by atoms with van der Waals surface area (Å²) < 4.78 is 6.39. The van der Waals surface area contributed by atoms with Crippen molar-refractivity contribution < 1.29 is 9.53 Å². The molecule has 1 aliphatic heterocycles. The zero-order chi connectivity index (χ0) is 16.6. The van der Waals surface area contributed by atoms with Crippen LogP contribution in [-0.4, -0.2) is 44.6 Å². The van der Waals surface area contributed by atoms with Gasteiger partial charge in [0.25, 0.3) is 0 Å². The van der Waals surface area contributed by atoms with Gasteiger partial charge in [-0.1, -0.05) is 0 Å². The SMILES string of the molecule is CC(C)(C)OC(=O)N1CCCC(c2nc3ncc(Br)cc3[nH]2)C1. The molecule has 1 unspecified atom stereocenters. The molecule has 0 saturated carbocycles. The van der Waals surface area contributed by atoms with E-state index in [0.29, 0.717) is 12.2 Å². The number of pyridine rings is 1. The number of aromatic amines is 1. The van der Waals surface area contributed by atoms with Crippen LogP contribution in [0.15, 0.2) is 16.7 Å². The number of nitrogens with one attached hydrogen (secondary N) is 1. The van der Waals surface area contributed by atoms with Gasteiger partial charge in [-0.05, 0) is 55.6 Å². The van der Waals surface area contributed by atoms with Crippen LogP contribution >= 0.6 is 15.9 Å². The average molecular weight is 381 g/mol. The van der Waals surface area contributed by atoms with Crippen molar-refractivity contribution in [3.63, 3.8) is 0 Å². The Balaban J connectivity index is 1.75. The van der Waals surface area contributed by atoms with Gasteiger partial charge in [-0.2, -0.15) is 0 Å². The van der Waals surface area contributed by atoms with Crippen LogP contribution in [0.1, 0.15) is 45.4 Å². The number of fused-ring (bicyclic) bond motifs is 1. The summed E-state index contributed by atoms with van der Waals surface area (Å²) in [5.74, 6) is 1.07. The van der Waals surface area contributed by atoms with Gasteiger partial charge < -0.3 is 14.6 Å². The summed E-state index contributed by atoms with van der Waals surface area (Å²) in [4.78, 5) is 26.3. The molecule has 124 valence electrons. The first-order valence-corrected chi connectivity index (χ1v) is 8.60. The van der Waals surface area contributed by atoms with Crippen molar-refractivity contribution in [3.05, 3.63) is 22.6 Å². The number of hydrogen-bond donors (Lipinski definition) is 1. The molecule has 0 spiro atoms. The molecule has 6 nitrogen and oxygen atoms in total. The van der Waals surface area contributed by atoms with Gasteiger partial charge in [0, 0.05) is 29.7 Å². The van der Waals surface area contributed by atoms with Gasteiger partial charge in [-0.15, -0.1) is 0 Å². The van der Waals surface area contributed by atoms with Gasteiger partial charge >= 0.3 is 6.09 Å². The Bertz CT molecular complexity index is 722. The second kappa shape index (κ2) is 6.11. The highest BCUT2D eigenvalue weighted by Crippen LogP contribution is 2.27. The topological polar surface area (TPSA) is 71.1 Å². The third-order valence-electron chi connectivity index (χ3n) is 3.78. The number of hydrogen-bond acceptors (Lipinski definition) is 4. The van der Waals surface area contributed by atoms with Crippen LogP contribution < -0.4 is 0 Å². The first-order valence-electron chi connectivity index (χ1n) is 7.81. The summed E-state index contributed by atoms with van der Waals surface area (Å²) in [7, 11) is 0. The van der Waals surface area contributed by atoms with E-state index in [1.165, 1.54) is 0 Å². The summed E-state index contributed by atoms with van der Waals surface area (Å²) in [6.45, 7) is 7.00. The molecular weight excluding hydrogens is 360 g/mol. The Morgan fingerprint density at radius 3 is 3.00 bits per heavy atom. The van der Waals surface area contributed by atoms with Crippen molar-refractivity contribution in [2.75, 3.05) is 13.1 Å². The van der Waals surface area contributed by atoms with Crippen LogP contribution in [0.5, 0.6) is 0 Å². The van der Waals surface area contributed by atoms with Crippen molar-refractivity contribution in [3.8, 4) is 0 Å². The first-order chi connectivity index (χ1) is 10.8.